The van der Waals surface area contributed by atoms with E-state index in [4.69, 9.17) is 10.4 Å². The van der Waals surface area contributed by atoms with Crippen molar-refractivity contribution >= 4 is 38.1 Å². The van der Waals surface area contributed by atoms with Crippen LogP contribution in [0.15, 0.2) is 0 Å². The van der Waals surface area contributed by atoms with E-state index >= 15 is 0 Å². The number of imide groups is 1. The minimum Gasteiger partial charge on any atom is -0.309 e. The fourth-order valence-electron chi connectivity index (χ4n) is 3.69. The molecule has 3 saturated heterocycles. The second-order valence-corrected chi connectivity index (χ2v) is 10.3. The maximum absolute atomic E-state index is 12.7. The van der Waals surface area contributed by atoms with Crippen LogP contribution in [0, 0.1) is 5.92 Å². The summed E-state index contributed by atoms with van der Waals surface area (Å²) in [4.78, 5) is 38.5. The second kappa shape index (κ2) is 7.22. The highest BCUT2D eigenvalue weighted by Gasteiger charge is 2.50. The van der Waals surface area contributed by atoms with E-state index in [2.05, 4.69) is 4.28 Å². The van der Waals surface area contributed by atoms with Crippen LogP contribution >= 0.6 is 0 Å². The van der Waals surface area contributed by atoms with Gasteiger partial charge in [0.15, 0.2) is 0 Å². The Balaban J connectivity index is 1.68. The fourth-order valence-corrected chi connectivity index (χ4v) is 5.57. The van der Waals surface area contributed by atoms with Crippen LogP contribution in [0.3, 0.4) is 0 Å². The molecule has 3 heterocycles. The van der Waals surface area contributed by atoms with Crippen molar-refractivity contribution < 1.29 is 40.1 Å². The molecule has 158 valence electrons. The number of sulfone groups is 1. The molecule has 4 amide bonds. The molecule has 0 aromatic carbocycles. The van der Waals surface area contributed by atoms with Crippen LogP contribution in [-0.4, -0.2) is 84.3 Å². The van der Waals surface area contributed by atoms with E-state index in [0.717, 1.165) is 4.90 Å². The first-order valence-electron chi connectivity index (χ1n) is 8.49. The number of piperidine rings is 1. The van der Waals surface area contributed by atoms with Gasteiger partial charge in [-0.15, -0.1) is 4.28 Å². The first kappa shape index (κ1) is 20.9. The highest BCUT2D eigenvalue weighted by Crippen LogP contribution is 2.31. The zero-order chi connectivity index (χ0) is 20.9. The van der Waals surface area contributed by atoms with Gasteiger partial charge in [0, 0.05) is 12.5 Å². The number of urea groups is 1. The maximum Gasteiger partial charge on any atom is 0.418 e. The number of rotatable bonds is 4. The Morgan fingerprint density at radius 2 is 1.75 bits per heavy atom. The number of hydroxylamine groups is 2. The zero-order valence-electron chi connectivity index (χ0n) is 14.6. The molecule has 0 aliphatic carbocycles. The van der Waals surface area contributed by atoms with Crippen molar-refractivity contribution in [3.63, 3.8) is 0 Å². The van der Waals surface area contributed by atoms with Crippen LogP contribution in [0.25, 0.3) is 0 Å². The van der Waals surface area contributed by atoms with E-state index in [1.165, 1.54) is 0 Å². The van der Waals surface area contributed by atoms with Crippen molar-refractivity contribution in [1.82, 2.24) is 15.0 Å². The Morgan fingerprint density at radius 1 is 1.14 bits per heavy atom. The third kappa shape index (κ3) is 4.12. The molecule has 3 aliphatic rings. The van der Waals surface area contributed by atoms with Crippen molar-refractivity contribution in [2.75, 3.05) is 18.1 Å². The van der Waals surface area contributed by atoms with Crippen molar-refractivity contribution in [3.8, 4) is 0 Å². The molecule has 0 unspecified atom stereocenters. The minimum atomic E-state index is -4.92. The zero-order valence-corrected chi connectivity index (χ0v) is 16.3. The standard InChI is InChI=1S/C13H20N4O9S2/c14-16(11(18)8-3-5-27(21,22)6-4-8)12(19)10-2-1-9-7-15(10)13(20)17(9)26-28(23,24)25/h8-10H,1-7,14H2,(H,23,24,25)/t9-,10+/m1/s1. The average molecular weight is 440 g/mol. The number of nitrogens with zero attached hydrogens (tertiary/aromatic N) is 3. The predicted octanol–water partition coefficient (Wildman–Crippen LogP) is -1.96. The molecule has 13 nitrogen and oxygen atoms in total. The SMILES string of the molecule is NN(C(=O)C1CCS(=O)(=O)CC1)C(=O)[C@@H]1CC[C@@H]2CN1C(=O)N2OS(=O)(=O)O. The van der Waals surface area contributed by atoms with Crippen molar-refractivity contribution in [1.29, 1.82) is 0 Å². The van der Waals surface area contributed by atoms with Gasteiger partial charge in [-0.3, -0.25) is 14.1 Å². The number of nitrogens with two attached hydrogens (primary N) is 1. The molecule has 2 bridgehead atoms. The van der Waals surface area contributed by atoms with Gasteiger partial charge >= 0.3 is 16.4 Å². The predicted molar refractivity (Wildman–Crippen MR) is 90.8 cm³/mol. The molecule has 28 heavy (non-hydrogen) atoms. The highest BCUT2D eigenvalue weighted by atomic mass is 32.3. The number of fused-ring (bicyclic) bond motifs is 2. The number of hydrogen-bond donors (Lipinski definition) is 2. The van der Waals surface area contributed by atoms with Crippen LogP contribution in [0.5, 0.6) is 0 Å². The van der Waals surface area contributed by atoms with Crippen molar-refractivity contribution in [2.24, 2.45) is 11.8 Å². The second-order valence-electron chi connectivity index (χ2n) is 6.98. The quantitative estimate of drug-likeness (QED) is 0.163. The van der Waals surface area contributed by atoms with E-state index in [1.54, 1.807) is 0 Å². The number of hydrogen-bond acceptors (Lipinski definition) is 9. The van der Waals surface area contributed by atoms with Gasteiger partial charge in [0.25, 0.3) is 5.91 Å². The van der Waals surface area contributed by atoms with Crippen LogP contribution in [0.1, 0.15) is 25.7 Å². The van der Waals surface area contributed by atoms with Gasteiger partial charge in [0.1, 0.15) is 15.9 Å². The monoisotopic (exact) mass is 440 g/mol. The molecule has 3 fully saturated rings. The van der Waals surface area contributed by atoms with Crippen molar-refractivity contribution in [2.45, 2.75) is 37.8 Å². The molecule has 3 aliphatic heterocycles. The van der Waals surface area contributed by atoms with E-state index < -0.39 is 56.1 Å². The first-order chi connectivity index (χ1) is 12.9. The lowest BCUT2D eigenvalue weighted by atomic mass is 9.98. The molecule has 2 atom stereocenters. The molecule has 0 spiro atoms. The number of amides is 4. The summed E-state index contributed by atoms with van der Waals surface area (Å²) in [5.74, 6) is 3.06. The third-order valence-corrected chi connectivity index (χ3v) is 7.23. The normalized spacial score (nSPS) is 27.7. The number of carbonyl (C=O) groups excluding carboxylic acids is 3. The average Bonchev–Trinajstić information content (AvgIpc) is 2.84. The Bertz CT molecular complexity index is 889. The van der Waals surface area contributed by atoms with Gasteiger partial charge in [0.05, 0.1) is 17.5 Å². The van der Waals surface area contributed by atoms with E-state index in [9.17, 15) is 31.2 Å². The van der Waals surface area contributed by atoms with Gasteiger partial charge < -0.3 is 4.90 Å². The first-order valence-corrected chi connectivity index (χ1v) is 11.7. The van der Waals surface area contributed by atoms with Gasteiger partial charge in [-0.25, -0.2) is 24.1 Å². The summed E-state index contributed by atoms with van der Waals surface area (Å²) in [7, 11) is -8.11. The fraction of sp³-hybridized carbons (Fsp3) is 0.769. The third-order valence-electron chi connectivity index (χ3n) is 5.16. The number of hydrazine groups is 1. The molecule has 0 aromatic heterocycles. The highest BCUT2D eigenvalue weighted by molar-refractivity contribution is 7.91. The van der Waals surface area contributed by atoms with Crippen molar-refractivity contribution in [3.05, 3.63) is 0 Å². The van der Waals surface area contributed by atoms with Crippen LogP contribution < -0.4 is 5.84 Å². The minimum absolute atomic E-state index is 0.0333. The topological polar surface area (TPSA) is 185 Å². The largest absolute Gasteiger partial charge is 0.418 e. The lowest BCUT2D eigenvalue weighted by Gasteiger charge is -2.32. The Labute approximate surface area is 161 Å². The molecule has 0 saturated carbocycles. The van der Waals surface area contributed by atoms with E-state index in [0.29, 0.717) is 10.1 Å². The summed E-state index contributed by atoms with van der Waals surface area (Å²) in [6.45, 7) is -0.0333. The lowest BCUT2D eigenvalue weighted by Crippen LogP contribution is -2.56. The van der Waals surface area contributed by atoms with Gasteiger partial charge in [0.2, 0.25) is 5.91 Å². The maximum atomic E-state index is 12.7. The summed E-state index contributed by atoms with van der Waals surface area (Å²) in [5.41, 5.74) is 0. The van der Waals surface area contributed by atoms with E-state index in [1.807, 2.05) is 0 Å². The number of carbonyl (C=O) groups is 3. The smallest absolute Gasteiger partial charge is 0.309 e. The Morgan fingerprint density at radius 3 is 2.32 bits per heavy atom. The van der Waals surface area contributed by atoms with Crippen LogP contribution in [-0.2, 0) is 34.1 Å². The van der Waals surface area contributed by atoms with Crippen LogP contribution in [0.4, 0.5) is 4.79 Å². The van der Waals surface area contributed by atoms with Gasteiger partial charge in [-0.1, -0.05) is 0 Å². The summed E-state index contributed by atoms with van der Waals surface area (Å²) in [6, 6.07) is -2.72. The molecule has 0 radical (unpaired) electrons. The molecule has 0 aromatic rings. The molecule has 15 heteroatoms. The summed E-state index contributed by atoms with van der Waals surface area (Å²) in [6.07, 6.45) is 0.430. The van der Waals surface area contributed by atoms with Crippen LogP contribution in [0.2, 0.25) is 0 Å². The molecular formula is C13H20N4O9S2. The Kier molecular flexibility index (Phi) is 5.39. The Hall–Kier alpha value is -1.81. The van der Waals surface area contributed by atoms with E-state index in [-0.39, 0.29) is 43.7 Å². The summed E-state index contributed by atoms with van der Waals surface area (Å²) < 4.78 is 57.8. The van der Waals surface area contributed by atoms with Gasteiger partial charge in [-0.05, 0) is 25.7 Å². The van der Waals surface area contributed by atoms with Gasteiger partial charge in [-0.2, -0.15) is 13.5 Å². The lowest BCUT2D eigenvalue weighted by molar-refractivity contribution is -0.151. The molecule has 3 rings (SSSR count). The molecular weight excluding hydrogens is 420 g/mol. The summed E-state index contributed by atoms with van der Waals surface area (Å²) in [5, 5.41) is 0.893. The summed E-state index contributed by atoms with van der Waals surface area (Å²) >= 11 is 0. The molecule has 3 N–H and O–H groups in total.